The minimum Gasteiger partial charge on any atom is -0.382 e. The highest BCUT2D eigenvalue weighted by Gasteiger charge is 2.56. The van der Waals surface area contributed by atoms with E-state index in [1.54, 1.807) is 6.33 Å². The minimum absolute atomic E-state index is 0.165. The van der Waals surface area contributed by atoms with Gasteiger partial charge in [-0.25, -0.2) is 4.98 Å². The van der Waals surface area contributed by atoms with Gasteiger partial charge in [-0.1, -0.05) is 39.3 Å². The molecule has 3 N–H and O–H groups in total. The third-order valence-corrected chi connectivity index (χ3v) is 9.70. The number of fused-ring (bicyclic) bond motifs is 2. The maximum Gasteiger partial charge on any atom is 0.256 e. The fourth-order valence-corrected chi connectivity index (χ4v) is 7.04. The zero-order chi connectivity index (χ0) is 23.3. The molecular weight excluding hydrogens is 398 g/mol. The van der Waals surface area contributed by atoms with Gasteiger partial charge in [-0.05, 0) is 61.7 Å². The number of nitrogens with one attached hydrogen (secondary N) is 1. The van der Waals surface area contributed by atoms with Gasteiger partial charge in [0.05, 0.1) is 7.05 Å². The lowest BCUT2D eigenvalue weighted by Crippen LogP contribution is -3.03. The molecule has 1 aromatic heterocycles. The van der Waals surface area contributed by atoms with Gasteiger partial charge in [0.25, 0.3) is 5.82 Å². The number of carbonyl (C=O) groups excluding carboxylic acids is 1. The first kappa shape index (κ1) is 23.2. The Bertz CT molecular complexity index is 913. The average molecular weight is 441 g/mol. The van der Waals surface area contributed by atoms with Crippen molar-refractivity contribution >= 4 is 23.1 Å². The summed E-state index contributed by atoms with van der Waals surface area (Å²) in [6.07, 6.45) is 10.5. The molecule has 1 aliphatic heterocycles. The number of hydrogen-bond donors (Lipinski definition) is 2. The monoisotopic (exact) mass is 440 g/mol. The Morgan fingerprint density at radius 1 is 1.31 bits per heavy atom. The molecule has 6 atom stereocenters. The zero-order valence-electron chi connectivity index (χ0n) is 20.9. The van der Waals surface area contributed by atoms with E-state index in [0.717, 1.165) is 44.0 Å². The Kier molecular flexibility index (Phi) is 6.12. The number of nitrogens with two attached hydrogens (primary N) is 1. The fourth-order valence-electron chi connectivity index (χ4n) is 7.04. The largest absolute Gasteiger partial charge is 0.382 e. The van der Waals surface area contributed by atoms with Crippen molar-refractivity contribution in [3.63, 3.8) is 0 Å². The smallest absolute Gasteiger partial charge is 0.256 e. The van der Waals surface area contributed by atoms with Gasteiger partial charge >= 0.3 is 0 Å². The SMILES string of the molecule is CC(=CCN1C[NH+](C)c2ncnc(N)c21)CCC1(C)C(C)CCC2(C)C(C)C(=O)CCC12. The summed E-state index contributed by atoms with van der Waals surface area (Å²) in [6, 6.07) is 0. The molecular formula is C26H42N5O+. The first-order valence-corrected chi connectivity index (χ1v) is 12.4. The van der Waals surface area contributed by atoms with E-state index in [-0.39, 0.29) is 11.3 Å². The van der Waals surface area contributed by atoms with E-state index in [4.69, 9.17) is 5.73 Å². The lowest BCUT2D eigenvalue weighted by Gasteiger charge is -2.59. The van der Waals surface area contributed by atoms with Gasteiger partial charge < -0.3 is 10.6 Å². The van der Waals surface area contributed by atoms with Gasteiger partial charge in [-0.2, -0.15) is 4.98 Å². The Labute approximate surface area is 193 Å². The number of allylic oxidation sites excluding steroid dienone is 1. The first-order chi connectivity index (χ1) is 15.1. The summed E-state index contributed by atoms with van der Waals surface area (Å²) in [5.74, 6) is 3.59. The van der Waals surface area contributed by atoms with Crippen molar-refractivity contribution < 1.29 is 9.69 Å². The Hall–Kier alpha value is -1.95. The molecule has 0 radical (unpaired) electrons. The molecule has 2 heterocycles. The van der Waals surface area contributed by atoms with Gasteiger partial charge in [-0.3, -0.25) is 9.69 Å². The number of ketones is 1. The number of hydrogen-bond acceptors (Lipinski definition) is 5. The lowest BCUT2D eigenvalue weighted by atomic mass is 9.44. The summed E-state index contributed by atoms with van der Waals surface area (Å²) >= 11 is 0. The van der Waals surface area contributed by atoms with Crippen LogP contribution in [0.25, 0.3) is 0 Å². The van der Waals surface area contributed by atoms with Crippen molar-refractivity contribution in [2.75, 3.05) is 30.9 Å². The molecule has 1 aromatic rings. The van der Waals surface area contributed by atoms with E-state index in [2.05, 4.69) is 62.6 Å². The minimum atomic E-state index is 0.165. The summed E-state index contributed by atoms with van der Waals surface area (Å²) in [5, 5.41) is 0. The molecule has 2 saturated carbocycles. The molecule has 0 saturated heterocycles. The second-order valence-electron chi connectivity index (χ2n) is 11.4. The van der Waals surface area contributed by atoms with E-state index in [9.17, 15) is 4.79 Å². The number of quaternary nitrogens is 1. The normalized spacial score (nSPS) is 37.4. The highest BCUT2D eigenvalue weighted by Crippen LogP contribution is 2.62. The van der Waals surface area contributed by atoms with Crippen molar-refractivity contribution in [2.45, 2.75) is 73.1 Å². The second-order valence-corrected chi connectivity index (χ2v) is 11.4. The van der Waals surface area contributed by atoms with E-state index >= 15 is 0 Å². The van der Waals surface area contributed by atoms with Crippen LogP contribution in [0.5, 0.6) is 0 Å². The molecule has 2 fully saturated rings. The first-order valence-electron chi connectivity index (χ1n) is 12.4. The highest BCUT2D eigenvalue weighted by molar-refractivity contribution is 5.82. The standard InChI is InChI=1S/C26H41N5O/c1-17(11-14-31-16-30(6)24-22(31)23(27)28-15-29-24)9-12-25(4)18(2)10-13-26(5)19(3)20(32)7-8-21(25)26/h11,15,18-19,21H,7-10,12-14,16H2,1-6H3,(H2,27,28,29)/p+1. The van der Waals surface area contributed by atoms with E-state index in [1.807, 2.05) is 0 Å². The third kappa shape index (κ3) is 3.74. The van der Waals surface area contributed by atoms with Crippen LogP contribution in [0.15, 0.2) is 18.0 Å². The molecule has 32 heavy (non-hydrogen) atoms. The van der Waals surface area contributed by atoms with Crippen molar-refractivity contribution in [1.82, 2.24) is 9.97 Å². The average Bonchev–Trinajstić information content (AvgIpc) is 3.09. The number of carbonyl (C=O) groups is 1. The van der Waals surface area contributed by atoms with Gasteiger partial charge in [0.15, 0.2) is 18.2 Å². The molecule has 0 amide bonds. The molecule has 6 nitrogen and oxygen atoms in total. The van der Waals surface area contributed by atoms with E-state index < -0.39 is 0 Å². The van der Waals surface area contributed by atoms with Crippen LogP contribution >= 0.6 is 0 Å². The summed E-state index contributed by atoms with van der Waals surface area (Å²) in [6.45, 7) is 13.5. The predicted molar refractivity (Wildman–Crippen MR) is 130 cm³/mol. The van der Waals surface area contributed by atoms with Crippen molar-refractivity contribution in [1.29, 1.82) is 0 Å². The number of Topliss-reactive ketones (excluding diaryl/α,β-unsaturated/α-hetero) is 1. The Morgan fingerprint density at radius 2 is 2.06 bits per heavy atom. The summed E-state index contributed by atoms with van der Waals surface area (Å²) in [7, 11) is 2.13. The van der Waals surface area contributed by atoms with Gasteiger partial charge in [0.1, 0.15) is 12.1 Å². The predicted octanol–water partition coefficient (Wildman–Crippen LogP) is 3.77. The van der Waals surface area contributed by atoms with Gasteiger partial charge in [-0.15, -0.1) is 0 Å². The van der Waals surface area contributed by atoms with E-state index in [1.165, 1.54) is 29.7 Å². The summed E-state index contributed by atoms with van der Waals surface area (Å²) in [5.41, 5.74) is 9.04. The second kappa shape index (κ2) is 8.44. The highest BCUT2D eigenvalue weighted by atomic mass is 16.1. The number of nitrogen functional groups attached to an aromatic ring is 1. The molecule has 0 bridgehead atoms. The Balaban J connectivity index is 1.45. The molecule has 6 unspecified atom stereocenters. The van der Waals surface area contributed by atoms with Crippen LogP contribution < -0.4 is 15.5 Å². The maximum atomic E-state index is 12.5. The molecule has 4 rings (SSSR count). The molecule has 6 heteroatoms. The van der Waals surface area contributed by atoms with Crippen molar-refractivity contribution in [3.8, 4) is 0 Å². The number of anilines is 2. The topological polar surface area (TPSA) is 76.6 Å². The molecule has 2 aliphatic carbocycles. The van der Waals surface area contributed by atoms with Gasteiger partial charge in [0, 0.05) is 18.9 Å². The van der Waals surface area contributed by atoms with Crippen LogP contribution in [0, 0.1) is 28.6 Å². The zero-order valence-corrected chi connectivity index (χ0v) is 20.9. The van der Waals surface area contributed by atoms with Crippen LogP contribution in [0.4, 0.5) is 17.3 Å². The number of rotatable bonds is 5. The molecule has 176 valence electrons. The van der Waals surface area contributed by atoms with Crippen LogP contribution in [-0.2, 0) is 4.79 Å². The molecule has 0 aromatic carbocycles. The maximum absolute atomic E-state index is 12.5. The molecule has 3 aliphatic rings. The number of aromatic nitrogens is 2. The quantitative estimate of drug-likeness (QED) is 0.682. The van der Waals surface area contributed by atoms with Crippen LogP contribution in [0.1, 0.15) is 73.1 Å². The van der Waals surface area contributed by atoms with Gasteiger partial charge in [0.2, 0.25) is 0 Å². The third-order valence-electron chi connectivity index (χ3n) is 9.70. The summed E-state index contributed by atoms with van der Waals surface area (Å²) < 4.78 is 0. The fraction of sp³-hybridized carbons (Fsp3) is 0.731. The van der Waals surface area contributed by atoms with Crippen LogP contribution in [0.3, 0.4) is 0 Å². The van der Waals surface area contributed by atoms with Crippen LogP contribution in [0.2, 0.25) is 0 Å². The van der Waals surface area contributed by atoms with Crippen molar-refractivity contribution in [2.24, 2.45) is 28.6 Å². The number of nitrogens with zero attached hydrogens (tertiary/aromatic N) is 3. The molecule has 0 spiro atoms. The summed E-state index contributed by atoms with van der Waals surface area (Å²) in [4.78, 5) is 24.7. The van der Waals surface area contributed by atoms with E-state index in [0.29, 0.717) is 28.9 Å². The van der Waals surface area contributed by atoms with Crippen molar-refractivity contribution in [3.05, 3.63) is 18.0 Å². The van der Waals surface area contributed by atoms with Crippen LogP contribution in [-0.4, -0.2) is 36.0 Å². The Morgan fingerprint density at radius 3 is 2.81 bits per heavy atom. The lowest BCUT2D eigenvalue weighted by molar-refractivity contribution is -0.805.